The van der Waals surface area contributed by atoms with Crippen LogP contribution >= 0.6 is 0 Å². The van der Waals surface area contributed by atoms with Crippen molar-refractivity contribution in [3.8, 4) is 0 Å². The van der Waals surface area contributed by atoms with Gasteiger partial charge in [0.25, 0.3) is 0 Å². The van der Waals surface area contributed by atoms with E-state index >= 15 is 0 Å². The van der Waals surface area contributed by atoms with Gasteiger partial charge in [-0.1, -0.05) is 34.6 Å². The van der Waals surface area contributed by atoms with Crippen LogP contribution in [0.4, 0.5) is 0 Å². The Labute approximate surface area is 119 Å². The van der Waals surface area contributed by atoms with E-state index in [-0.39, 0.29) is 17.3 Å². The van der Waals surface area contributed by atoms with Crippen molar-refractivity contribution in [2.24, 2.45) is 0 Å². The Morgan fingerprint density at radius 3 is 2.30 bits per heavy atom. The summed E-state index contributed by atoms with van der Waals surface area (Å²) < 4.78 is 11.4. The fourth-order valence-electron chi connectivity index (χ4n) is 2.28. The second kappa shape index (κ2) is 5.38. The summed E-state index contributed by atoms with van der Waals surface area (Å²) in [6, 6.07) is 0. The molecule has 1 unspecified atom stereocenters. The van der Waals surface area contributed by atoms with Gasteiger partial charge in [-0.05, 0) is 13.3 Å². The molecule has 0 saturated heterocycles. The zero-order valence-electron chi connectivity index (χ0n) is 13.1. The quantitative estimate of drug-likeness (QED) is 0.827. The first-order chi connectivity index (χ1) is 9.29. The molecule has 0 amide bonds. The van der Waals surface area contributed by atoms with Gasteiger partial charge in [-0.3, -0.25) is 0 Å². The summed E-state index contributed by atoms with van der Waals surface area (Å²) in [7, 11) is 0. The average molecular weight is 277 g/mol. The van der Waals surface area contributed by atoms with Gasteiger partial charge in [-0.15, -0.1) is 10.2 Å². The normalized spacial score (nSPS) is 13.9. The number of nitrogens with zero attached hydrogens (tertiary/aromatic N) is 3. The van der Waals surface area contributed by atoms with Crippen LogP contribution in [0.15, 0.2) is 15.0 Å². The van der Waals surface area contributed by atoms with Gasteiger partial charge in [0.2, 0.25) is 11.8 Å². The van der Waals surface area contributed by atoms with E-state index in [4.69, 9.17) is 8.83 Å². The lowest BCUT2D eigenvalue weighted by Crippen LogP contribution is -2.20. The number of aryl methyl sites for hydroxylation is 1. The van der Waals surface area contributed by atoms with Crippen LogP contribution in [0.25, 0.3) is 0 Å². The molecule has 5 heteroatoms. The molecule has 0 aliphatic heterocycles. The molecule has 0 aliphatic carbocycles. The predicted octanol–water partition coefficient (Wildman–Crippen LogP) is 3.96. The maximum absolute atomic E-state index is 5.78. The van der Waals surface area contributed by atoms with Gasteiger partial charge in [-0.25, -0.2) is 4.98 Å². The molecule has 0 saturated carbocycles. The summed E-state index contributed by atoms with van der Waals surface area (Å²) in [5.41, 5.74) is -0.206. The summed E-state index contributed by atoms with van der Waals surface area (Å²) in [6.07, 6.45) is 2.59. The fourth-order valence-corrected chi connectivity index (χ4v) is 2.28. The van der Waals surface area contributed by atoms with Crippen LogP contribution < -0.4 is 0 Å². The molecular weight excluding hydrogens is 254 g/mol. The lowest BCUT2D eigenvalue weighted by Gasteiger charge is -2.22. The summed E-state index contributed by atoms with van der Waals surface area (Å²) >= 11 is 0. The van der Waals surface area contributed by atoms with Gasteiger partial charge in [0.15, 0.2) is 5.89 Å². The van der Waals surface area contributed by atoms with E-state index in [2.05, 4.69) is 36.0 Å². The molecular formula is C15H23N3O2. The second-order valence-electron chi connectivity index (χ2n) is 6.40. The maximum Gasteiger partial charge on any atom is 0.222 e. The third-order valence-corrected chi connectivity index (χ3v) is 3.39. The molecule has 0 spiro atoms. The van der Waals surface area contributed by atoms with E-state index < -0.39 is 0 Å². The van der Waals surface area contributed by atoms with E-state index in [1.54, 1.807) is 6.20 Å². The van der Waals surface area contributed by atoms with Crippen molar-refractivity contribution >= 4 is 0 Å². The Kier molecular flexibility index (Phi) is 3.97. The van der Waals surface area contributed by atoms with Crippen molar-refractivity contribution in [2.45, 2.75) is 65.2 Å². The molecule has 2 aromatic heterocycles. The monoisotopic (exact) mass is 277 g/mol. The van der Waals surface area contributed by atoms with Crippen molar-refractivity contribution in [3.05, 3.63) is 29.6 Å². The van der Waals surface area contributed by atoms with Crippen molar-refractivity contribution in [1.29, 1.82) is 0 Å². The fraction of sp³-hybridized carbons (Fsp3) is 0.667. The molecule has 2 heterocycles. The van der Waals surface area contributed by atoms with Gasteiger partial charge in [0.1, 0.15) is 5.76 Å². The molecule has 0 aliphatic rings. The van der Waals surface area contributed by atoms with Gasteiger partial charge in [0.05, 0.1) is 6.20 Å². The minimum Gasteiger partial charge on any atom is -0.446 e. The number of hydrogen-bond acceptors (Lipinski definition) is 5. The van der Waals surface area contributed by atoms with Crippen molar-refractivity contribution in [3.63, 3.8) is 0 Å². The van der Waals surface area contributed by atoms with Gasteiger partial charge in [-0.2, -0.15) is 0 Å². The lowest BCUT2D eigenvalue weighted by atomic mass is 9.83. The number of rotatable bonds is 5. The summed E-state index contributed by atoms with van der Waals surface area (Å²) in [4.78, 5) is 4.29. The molecule has 110 valence electrons. The van der Waals surface area contributed by atoms with Gasteiger partial charge in [0, 0.05) is 17.3 Å². The highest BCUT2D eigenvalue weighted by atomic mass is 16.4. The van der Waals surface area contributed by atoms with E-state index in [1.807, 2.05) is 20.8 Å². The maximum atomic E-state index is 5.78. The minimum absolute atomic E-state index is 0.202. The molecule has 0 bridgehead atoms. The van der Waals surface area contributed by atoms with Crippen molar-refractivity contribution < 1.29 is 8.83 Å². The summed E-state index contributed by atoms with van der Waals surface area (Å²) in [5.74, 6) is 3.42. The first kappa shape index (κ1) is 14.8. The first-order valence-corrected chi connectivity index (χ1v) is 7.06. The van der Waals surface area contributed by atoms with Gasteiger partial charge >= 0.3 is 0 Å². The van der Waals surface area contributed by atoms with E-state index in [0.717, 1.165) is 18.1 Å². The molecule has 0 N–H and O–H groups in total. The van der Waals surface area contributed by atoms with Crippen molar-refractivity contribution in [1.82, 2.24) is 15.2 Å². The van der Waals surface area contributed by atoms with Crippen LogP contribution in [-0.4, -0.2) is 15.2 Å². The van der Waals surface area contributed by atoms with E-state index in [1.165, 1.54) is 0 Å². The Morgan fingerprint density at radius 1 is 1.10 bits per heavy atom. The third kappa shape index (κ3) is 3.08. The Morgan fingerprint density at radius 2 is 1.80 bits per heavy atom. The second-order valence-corrected chi connectivity index (χ2v) is 6.40. The first-order valence-electron chi connectivity index (χ1n) is 7.06. The minimum atomic E-state index is -0.206. The zero-order chi connectivity index (χ0) is 14.9. The topological polar surface area (TPSA) is 65.0 Å². The van der Waals surface area contributed by atoms with Crippen molar-refractivity contribution in [2.75, 3.05) is 0 Å². The van der Waals surface area contributed by atoms with E-state index in [0.29, 0.717) is 11.8 Å². The van der Waals surface area contributed by atoms with Gasteiger partial charge < -0.3 is 8.83 Å². The Balaban J connectivity index is 2.13. The highest BCUT2D eigenvalue weighted by Crippen LogP contribution is 2.34. The highest BCUT2D eigenvalue weighted by Gasteiger charge is 2.31. The lowest BCUT2D eigenvalue weighted by molar-refractivity contribution is 0.300. The molecule has 0 aromatic carbocycles. The standard InChI is InChI=1S/C15H23N3O2/c1-9(2)12-17-18-14(20-12)15(5,6)7-10(3)13-16-8-11(4)19-13/h8-10H,7H2,1-6H3. The number of aromatic nitrogens is 3. The Hall–Kier alpha value is -1.65. The van der Waals surface area contributed by atoms with Crippen LogP contribution in [0.5, 0.6) is 0 Å². The number of oxazole rings is 1. The van der Waals surface area contributed by atoms with Crippen LogP contribution in [-0.2, 0) is 5.41 Å². The molecule has 0 fully saturated rings. The smallest absolute Gasteiger partial charge is 0.222 e. The summed E-state index contributed by atoms with van der Waals surface area (Å²) in [5, 5.41) is 8.30. The zero-order valence-corrected chi connectivity index (χ0v) is 13.1. The molecule has 1 atom stereocenters. The summed E-state index contributed by atoms with van der Waals surface area (Å²) in [6.45, 7) is 12.3. The highest BCUT2D eigenvalue weighted by molar-refractivity contribution is 5.05. The molecule has 20 heavy (non-hydrogen) atoms. The molecule has 5 nitrogen and oxygen atoms in total. The predicted molar refractivity (Wildman–Crippen MR) is 75.7 cm³/mol. The number of hydrogen-bond donors (Lipinski definition) is 0. The van der Waals surface area contributed by atoms with Crippen LogP contribution in [0.1, 0.15) is 76.3 Å². The molecule has 0 radical (unpaired) electrons. The van der Waals surface area contributed by atoms with Crippen LogP contribution in [0.3, 0.4) is 0 Å². The van der Waals surface area contributed by atoms with Crippen LogP contribution in [0, 0.1) is 6.92 Å². The third-order valence-electron chi connectivity index (χ3n) is 3.39. The molecule has 2 rings (SSSR count). The molecule has 2 aromatic rings. The van der Waals surface area contributed by atoms with Crippen LogP contribution in [0.2, 0.25) is 0 Å². The largest absolute Gasteiger partial charge is 0.446 e. The SMILES string of the molecule is Cc1cnc(C(C)CC(C)(C)c2nnc(C(C)C)o2)o1. The van der Waals surface area contributed by atoms with E-state index in [9.17, 15) is 0 Å². The average Bonchev–Trinajstić information content (AvgIpc) is 2.96. The Bertz CT molecular complexity index is 569.